The van der Waals surface area contributed by atoms with Crippen LogP contribution < -0.4 is 10.8 Å². The van der Waals surface area contributed by atoms with Gasteiger partial charge in [-0.2, -0.15) is 5.10 Å². The third-order valence-electron chi connectivity index (χ3n) is 2.54. The lowest BCUT2D eigenvalue weighted by atomic mass is 10.1. The summed E-state index contributed by atoms with van der Waals surface area (Å²) in [5.41, 5.74) is 6.91. The number of hydrogen-bond donors (Lipinski definition) is 2. The Morgan fingerprint density at radius 3 is 2.65 bits per heavy atom. The van der Waals surface area contributed by atoms with Crippen molar-refractivity contribution in [3.8, 4) is 11.1 Å². The van der Waals surface area contributed by atoms with E-state index in [1.54, 1.807) is 11.8 Å². The molecule has 2 rings (SSSR count). The fraction of sp³-hybridized carbons (Fsp3) is 0.250. The van der Waals surface area contributed by atoms with Crippen LogP contribution in [0.5, 0.6) is 0 Å². The lowest BCUT2D eigenvalue weighted by Gasteiger charge is -2.11. The smallest absolute Gasteiger partial charge is 0.0841 e. The van der Waals surface area contributed by atoms with Crippen LogP contribution in [0.1, 0.15) is 0 Å². The third kappa shape index (κ3) is 2.39. The zero-order valence-electron chi connectivity index (χ0n) is 10.2. The van der Waals surface area contributed by atoms with Gasteiger partial charge in [-0.05, 0) is 17.7 Å². The van der Waals surface area contributed by atoms with Crippen LogP contribution in [0.15, 0.2) is 30.6 Å². The number of aryl methyl sites for hydroxylation is 1. The number of anilines is 2. The minimum atomic E-state index is 0.899. The second-order valence-corrected chi connectivity index (χ2v) is 3.72. The summed E-state index contributed by atoms with van der Waals surface area (Å²) in [7, 11) is 5.37. The third-order valence-corrected chi connectivity index (χ3v) is 2.54. The van der Waals surface area contributed by atoms with E-state index < -0.39 is 0 Å². The summed E-state index contributed by atoms with van der Waals surface area (Å²) < 4.78 is 1.78. The molecule has 0 atom stereocenters. The van der Waals surface area contributed by atoms with Crippen molar-refractivity contribution in [2.75, 3.05) is 25.0 Å². The van der Waals surface area contributed by atoms with E-state index in [1.165, 1.54) is 0 Å². The van der Waals surface area contributed by atoms with Gasteiger partial charge in [-0.3, -0.25) is 15.0 Å². The summed E-state index contributed by atoms with van der Waals surface area (Å²) in [6.45, 7) is 0. The highest BCUT2D eigenvalue weighted by Crippen LogP contribution is 2.28. The molecule has 5 nitrogen and oxygen atoms in total. The number of benzene rings is 1. The number of rotatable bonds is 4. The predicted octanol–water partition coefficient (Wildman–Crippen LogP) is 2.10. The number of aromatic nitrogens is 2. The summed E-state index contributed by atoms with van der Waals surface area (Å²) in [6, 6.07) is 6.07. The van der Waals surface area contributed by atoms with Crippen LogP contribution in [0.25, 0.3) is 11.1 Å². The van der Waals surface area contributed by atoms with Gasteiger partial charge in [0.2, 0.25) is 0 Å². The minimum Gasteiger partial charge on any atom is -0.386 e. The standard InChI is InChI=1S/C12H16N4O/c1-13-11-5-4-9(6-12(11)15-17-3)10-7-14-16(2)8-10/h4-8,13,15H,1-3H3. The van der Waals surface area contributed by atoms with Gasteiger partial charge >= 0.3 is 0 Å². The Morgan fingerprint density at radius 2 is 2.06 bits per heavy atom. The van der Waals surface area contributed by atoms with Gasteiger partial charge in [-0.25, -0.2) is 0 Å². The van der Waals surface area contributed by atoms with Crippen LogP contribution in [-0.4, -0.2) is 23.9 Å². The van der Waals surface area contributed by atoms with Crippen molar-refractivity contribution < 1.29 is 4.84 Å². The summed E-state index contributed by atoms with van der Waals surface area (Å²) in [5, 5.41) is 7.26. The number of nitrogens with zero attached hydrogens (tertiary/aromatic N) is 2. The molecule has 0 aliphatic heterocycles. The molecule has 0 saturated heterocycles. The Balaban J connectivity index is 2.39. The average Bonchev–Trinajstić information content (AvgIpc) is 2.76. The molecule has 0 aliphatic rings. The predicted molar refractivity (Wildman–Crippen MR) is 68.8 cm³/mol. The molecule has 0 amide bonds. The first-order valence-electron chi connectivity index (χ1n) is 5.34. The van der Waals surface area contributed by atoms with E-state index in [0.29, 0.717) is 0 Å². The van der Waals surface area contributed by atoms with E-state index >= 15 is 0 Å². The van der Waals surface area contributed by atoms with Crippen LogP contribution >= 0.6 is 0 Å². The fourth-order valence-electron chi connectivity index (χ4n) is 1.71. The van der Waals surface area contributed by atoms with Crippen molar-refractivity contribution in [1.29, 1.82) is 0 Å². The van der Waals surface area contributed by atoms with E-state index in [4.69, 9.17) is 4.84 Å². The van der Waals surface area contributed by atoms with Crippen LogP contribution in [-0.2, 0) is 11.9 Å². The van der Waals surface area contributed by atoms with E-state index in [2.05, 4.69) is 15.9 Å². The Morgan fingerprint density at radius 1 is 1.24 bits per heavy atom. The second kappa shape index (κ2) is 4.88. The maximum Gasteiger partial charge on any atom is 0.0841 e. The highest BCUT2D eigenvalue weighted by molar-refractivity contribution is 5.76. The van der Waals surface area contributed by atoms with Gasteiger partial charge < -0.3 is 5.32 Å². The van der Waals surface area contributed by atoms with E-state index in [9.17, 15) is 0 Å². The average molecular weight is 232 g/mol. The van der Waals surface area contributed by atoms with Gasteiger partial charge in [-0.1, -0.05) is 6.07 Å². The van der Waals surface area contributed by atoms with Crippen molar-refractivity contribution >= 4 is 11.4 Å². The molecule has 0 spiro atoms. The summed E-state index contributed by atoms with van der Waals surface area (Å²) in [5.74, 6) is 0. The van der Waals surface area contributed by atoms with E-state index in [1.807, 2.05) is 44.7 Å². The quantitative estimate of drug-likeness (QED) is 0.793. The van der Waals surface area contributed by atoms with Crippen LogP contribution in [0.3, 0.4) is 0 Å². The van der Waals surface area contributed by atoms with Crippen LogP contribution in [0.4, 0.5) is 11.4 Å². The Labute approximate surface area is 100 Å². The molecule has 90 valence electrons. The van der Waals surface area contributed by atoms with Gasteiger partial charge in [0, 0.05) is 25.9 Å². The Bertz CT molecular complexity index is 507. The van der Waals surface area contributed by atoms with Gasteiger partial charge in [0.15, 0.2) is 0 Å². The van der Waals surface area contributed by atoms with Crippen molar-refractivity contribution in [2.24, 2.45) is 7.05 Å². The maximum absolute atomic E-state index is 4.96. The molecular weight excluding hydrogens is 216 g/mol. The topological polar surface area (TPSA) is 51.1 Å². The Kier molecular flexibility index (Phi) is 3.30. The lowest BCUT2D eigenvalue weighted by Crippen LogP contribution is -2.00. The minimum absolute atomic E-state index is 0.899. The highest BCUT2D eigenvalue weighted by Gasteiger charge is 2.05. The Hall–Kier alpha value is -2.01. The van der Waals surface area contributed by atoms with Crippen LogP contribution in [0, 0.1) is 0 Å². The monoisotopic (exact) mass is 232 g/mol. The molecule has 0 bridgehead atoms. The number of nitrogens with one attached hydrogen (secondary N) is 2. The molecule has 1 heterocycles. The fourth-order valence-corrected chi connectivity index (χ4v) is 1.71. The van der Waals surface area contributed by atoms with Gasteiger partial charge in [0.05, 0.1) is 24.7 Å². The zero-order valence-corrected chi connectivity index (χ0v) is 10.2. The number of hydrogen-bond acceptors (Lipinski definition) is 4. The molecule has 0 fully saturated rings. The zero-order chi connectivity index (χ0) is 12.3. The molecule has 5 heteroatoms. The molecule has 1 aromatic heterocycles. The van der Waals surface area contributed by atoms with Crippen molar-refractivity contribution in [3.05, 3.63) is 30.6 Å². The lowest BCUT2D eigenvalue weighted by molar-refractivity contribution is 0.271. The molecule has 1 aromatic carbocycles. The van der Waals surface area contributed by atoms with E-state index in [-0.39, 0.29) is 0 Å². The molecule has 0 aliphatic carbocycles. The molecular formula is C12H16N4O. The molecule has 2 aromatic rings. The maximum atomic E-state index is 4.96. The largest absolute Gasteiger partial charge is 0.386 e. The second-order valence-electron chi connectivity index (χ2n) is 3.72. The van der Waals surface area contributed by atoms with Crippen molar-refractivity contribution in [2.45, 2.75) is 0 Å². The summed E-state index contributed by atoms with van der Waals surface area (Å²) in [6.07, 6.45) is 3.82. The highest BCUT2D eigenvalue weighted by atomic mass is 16.6. The summed E-state index contributed by atoms with van der Waals surface area (Å²) >= 11 is 0. The normalized spacial score (nSPS) is 10.3. The first-order chi connectivity index (χ1) is 8.24. The first kappa shape index (κ1) is 11.5. The molecule has 17 heavy (non-hydrogen) atoms. The van der Waals surface area contributed by atoms with Gasteiger partial charge in [0.25, 0.3) is 0 Å². The van der Waals surface area contributed by atoms with Gasteiger partial charge in [0.1, 0.15) is 0 Å². The van der Waals surface area contributed by atoms with Crippen molar-refractivity contribution in [3.63, 3.8) is 0 Å². The first-order valence-corrected chi connectivity index (χ1v) is 5.34. The van der Waals surface area contributed by atoms with Crippen LogP contribution in [0.2, 0.25) is 0 Å². The van der Waals surface area contributed by atoms with Crippen molar-refractivity contribution in [1.82, 2.24) is 9.78 Å². The summed E-state index contributed by atoms with van der Waals surface area (Å²) in [4.78, 5) is 4.96. The molecule has 0 saturated carbocycles. The van der Waals surface area contributed by atoms with E-state index in [0.717, 1.165) is 22.5 Å². The molecule has 0 radical (unpaired) electrons. The molecule has 2 N–H and O–H groups in total. The SMILES string of the molecule is CNc1ccc(-c2cnn(C)c2)cc1NOC. The molecule has 0 unspecified atom stereocenters. The van der Waals surface area contributed by atoms with Gasteiger partial charge in [-0.15, -0.1) is 0 Å².